The lowest BCUT2D eigenvalue weighted by Gasteiger charge is -2.11. The zero-order valence-electron chi connectivity index (χ0n) is 12.2. The van der Waals surface area contributed by atoms with Crippen LogP contribution in [0.3, 0.4) is 0 Å². The number of aromatic nitrogens is 1. The summed E-state index contributed by atoms with van der Waals surface area (Å²) >= 11 is 0. The second-order valence-corrected chi connectivity index (χ2v) is 5.29. The number of nitro benzene ring substituents is 1. The SMILES string of the molecule is CC(F)(F)c1ccc(-c2cnc3cccc([N+](=O)[O-])c3c2)cc1. The first kappa shape index (κ1) is 15.0. The summed E-state index contributed by atoms with van der Waals surface area (Å²) in [4.78, 5) is 14.9. The molecule has 0 aliphatic rings. The summed E-state index contributed by atoms with van der Waals surface area (Å²) in [6.07, 6.45) is 1.57. The molecule has 0 bridgehead atoms. The van der Waals surface area contributed by atoms with E-state index in [2.05, 4.69) is 4.98 Å². The molecule has 0 aliphatic carbocycles. The van der Waals surface area contributed by atoms with Crippen molar-refractivity contribution in [3.63, 3.8) is 0 Å². The van der Waals surface area contributed by atoms with Crippen molar-refractivity contribution in [3.8, 4) is 11.1 Å². The average Bonchev–Trinajstić information content (AvgIpc) is 2.53. The molecule has 0 atom stereocenters. The number of nitrogens with zero attached hydrogens (tertiary/aromatic N) is 2. The number of alkyl halides is 2. The minimum absolute atomic E-state index is 0.0337. The smallest absolute Gasteiger partial charge is 0.258 e. The van der Waals surface area contributed by atoms with Crippen LogP contribution in [0, 0.1) is 10.1 Å². The Labute approximate surface area is 130 Å². The largest absolute Gasteiger partial charge is 0.278 e. The van der Waals surface area contributed by atoms with Gasteiger partial charge in [-0.1, -0.05) is 30.3 Å². The van der Waals surface area contributed by atoms with Crippen LogP contribution in [0.1, 0.15) is 12.5 Å². The van der Waals surface area contributed by atoms with Crippen LogP contribution in [0.25, 0.3) is 22.0 Å². The zero-order chi connectivity index (χ0) is 16.6. The van der Waals surface area contributed by atoms with Gasteiger partial charge in [-0.15, -0.1) is 0 Å². The number of benzene rings is 2. The van der Waals surface area contributed by atoms with Crippen LogP contribution in [-0.4, -0.2) is 9.91 Å². The first-order valence-corrected chi connectivity index (χ1v) is 6.88. The monoisotopic (exact) mass is 314 g/mol. The first-order valence-electron chi connectivity index (χ1n) is 6.88. The van der Waals surface area contributed by atoms with Crippen LogP contribution >= 0.6 is 0 Å². The molecule has 3 aromatic rings. The number of halogens is 2. The van der Waals surface area contributed by atoms with E-state index in [9.17, 15) is 18.9 Å². The Balaban J connectivity index is 2.10. The van der Waals surface area contributed by atoms with Crippen molar-refractivity contribution < 1.29 is 13.7 Å². The van der Waals surface area contributed by atoms with Gasteiger partial charge in [-0.2, -0.15) is 0 Å². The number of hydrogen-bond donors (Lipinski definition) is 0. The minimum Gasteiger partial charge on any atom is -0.258 e. The third kappa shape index (κ3) is 2.88. The van der Waals surface area contributed by atoms with Crippen molar-refractivity contribution in [3.05, 3.63) is 70.4 Å². The summed E-state index contributed by atoms with van der Waals surface area (Å²) in [5.41, 5.74) is 1.71. The normalized spacial score (nSPS) is 11.6. The molecule has 1 aromatic heterocycles. The van der Waals surface area contributed by atoms with E-state index in [1.54, 1.807) is 36.5 Å². The maximum atomic E-state index is 13.3. The Morgan fingerprint density at radius 3 is 2.39 bits per heavy atom. The van der Waals surface area contributed by atoms with E-state index in [0.29, 0.717) is 22.0 Å². The number of rotatable bonds is 3. The molecule has 6 heteroatoms. The Kier molecular flexibility index (Phi) is 3.52. The maximum Gasteiger partial charge on any atom is 0.278 e. The van der Waals surface area contributed by atoms with Crippen molar-refractivity contribution >= 4 is 16.6 Å². The molecule has 0 unspecified atom stereocenters. The number of nitro groups is 1. The molecule has 0 saturated carbocycles. The van der Waals surface area contributed by atoms with Crippen LogP contribution in [0.15, 0.2) is 54.7 Å². The Morgan fingerprint density at radius 2 is 1.78 bits per heavy atom. The summed E-state index contributed by atoms with van der Waals surface area (Å²) in [5, 5.41) is 11.5. The molecule has 0 radical (unpaired) electrons. The van der Waals surface area contributed by atoms with Crippen molar-refractivity contribution in [1.29, 1.82) is 0 Å². The van der Waals surface area contributed by atoms with Gasteiger partial charge >= 0.3 is 0 Å². The number of fused-ring (bicyclic) bond motifs is 1. The van der Waals surface area contributed by atoms with Gasteiger partial charge in [0.1, 0.15) is 0 Å². The third-order valence-corrected chi connectivity index (χ3v) is 3.62. The summed E-state index contributed by atoms with van der Waals surface area (Å²) in [5.74, 6) is -2.90. The Bertz CT molecular complexity index is 887. The minimum atomic E-state index is -2.90. The number of hydrogen-bond acceptors (Lipinski definition) is 3. The molecule has 116 valence electrons. The van der Waals surface area contributed by atoms with Crippen LogP contribution < -0.4 is 0 Å². The summed E-state index contributed by atoms with van der Waals surface area (Å²) in [6.45, 7) is 0.836. The Morgan fingerprint density at radius 1 is 1.09 bits per heavy atom. The van der Waals surface area contributed by atoms with Gasteiger partial charge in [0.25, 0.3) is 11.6 Å². The summed E-state index contributed by atoms with van der Waals surface area (Å²) in [7, 11) is 0. The summed E-state index contributed by atoms with van der Waals surface area (Å²) < 4.78 is 26.5. The second-order valence-electron chi connectivity index (χ2n) is 5.29. The quantitative estimate of drug-likeness (QED) is 0.509. The molecule has 0 fully saturated rings. The topological polar surface area (TPSA) is 56.0 Å². The van der Waals surface area contributed by atoms with Gasteiger partial charge in [-0.3, -0.25) is 15.1 Å². The predicted octanol–water partition coefficient (Wildman–Crippen LogP) is 4.92. The molecule has 1 heterocycles. The van der Waals surface area contributed by atoms with Crippen LogP contribution in [-0.2, 0) is 5.92 Å². The highest BCUT2D eigenvalue weighted by molar-refractivity contribution is 5.91. The van der Waals surface area contributed by atoms with Gasteiger partial charge in [0.05, 0.1) is 15.8 Å². The van der Waals surface area contributed by atoms with Gasteiger partial charge in [0.2, 0.25) is 0 Å². The molecule has 23 heavy (non-hydrogen) atoms. The lowest BCUT2D eigenvalue weighted by Crippen LogP contribution is -2.06. The predicted molar refractivity (Wildman–Crippen MR) is 83.4 cm³/mol. The molecular weight excluding hydrogens is 302 g/mol. The molecule has 0 N–H and O–H groups in total. The lowest BCUT2D eigenvalue weighted by molar-refractivity contribution is -0.383. The van der Waals surface area contributed by atoms with E-state index in [0.717, 1.165) is 6.92 Å². The molecule has 2 aromatic carbocycles. The van der Waals surface area contributed by atoms with E-state index >= 15 is 0 Å². The Hall–Kier alpha value is -2.89. The fraction of sp³-hybridized carbons (Fsp3) is 0.118. The molecular formula is C17H12F2N2O2. The van der Waals surface area contributed by atoms with Gasteiger partial charge in [-0.25, -0.2) is 8.78 Å². The van der Waals surface area contributed by atoms with Crippen molar-refractivity contribution in [2.24, 2.45) is 0 Å². The molecule has 0 saturated heterocycles. The van der Waals surface area contributed by atoms with Crippen LogP contribution in [0.2, 0.25) is 0 Å². The second kappa shape index (κ2) is 5.39. The lowest BCUT2D eigenvalue weighted by atomic mass is 10.0. The highest BCUT2D eigenvalue weighted by Crippen LogP contribution is 2.31. The highest BCUT2D eigenvalue weighted by atomic mass is 19.3. The highest BCUT2D eigenvalue weighted by Gasteiger charge is 2.23. The van der Waals surface area contributed by atoms with Crippen molar-refractivity contribution in [2.75, 3.05) is 0 Å². The van der Waals surface area contributed by atoms with Gasteiger partial charge < -0.3 is 0 Å². The van der Waals surface area contributed by atoms with Gasteiger partial charge in [-0.05, 0) is 17.7 Å². The van der Waals surface area contributed by atoms with Gasteiger partial charge in [0, 0.05) is 30.3 Å². The van der Waals surface area contributed by atoms with Gasteiger partial charge in [0.15, 0.2) is 0 Å². The van der Waals surface area contributed by atoms with Crippen molar-refractivity contribution in [1.82, 2.24) is 4.98 Å². The fourth-order valence-electron chi connectivity index (χ4n) is 2.41. The molecule has 0 spiro atoms. The molecule has 0 amide bonds. The molecule has 0 aliphatic heterocycles. The van der Waals surface area contributed by atoms with Crippen LogP contribution in [0.5, 0.6) is 0 Å². The van der Waals surface area contributed by atoms with E-state index in [-0.39, 0.29) is 11.3 Å². The zero-order valence-corrected chi connectivity index (χ0v) is 12.2. The molecule has 3 rings (SSSR count). The van der Waals surface area contributed by atoms with E-state index < -0.39 is 10.8 Å². The van der Waals surface area contributed by atoms with E-state index in [1.165, 1.54) is 18.2 Å². The number of pyridine rings is 1. The van der Waals surface area contributed by atoms with E-state index in [1.807, 2.05) is 0 Å². The maximum absolute atomic E-state index is 13.3. The van der Waals surface area contributed by atoms with E-state index in [4.69, 9.17) is 0 Å². The number of non-ortho nitro benzene ring substituents is 1. The summed E-state index contributed by atoms with van der Waals surface area (Å²) in [6, 6.07) is 12.1. The fourth-order valence-corrected chi connectivity index (χ4v) is 2.41. The first-order chi connectivity index (χ1) is 10.9. The van der Waals surface area contributed by atoms with Crippen LogP contribution in [0.4, 0.5) is 14.5 Å². The third-order valence-electron chi connectivity index (χ3n) is 3.62. The standard InChI is InChI=1S/C17H12F2N2O2/c1-17(18,19)13-7-5-11(6-8-13)12-9-14-15(20-10-12)3-2-4-16(14)21(22)23/h2-10H,1H3. The molecule has 4 nitrogen and oxygen atoms in total. The average molecular weight is 314 g/mol. The van der Waals surface area contributed by atoms with Crippen molar-refractivity contribution in [2.45, 2.75) is 12.8 Å².